The summed E-state index contributed by atoms with van der Waals surface area (Å²) in [4.78, 5) is 15.7. The van der Waals surface area contributed by atoms with Crippen LogP contribution >= 0.6 is 0 Å². The summed E-state index contributed by atoms with van der Waals surface area (Å²) in [6.07, 6.45) is 0. The second kappa shape index (κ2) is 4.43. The third kappa shape index (κ3) is 2.55. The van der Waals surface area contributed by atoms with Crippen LogP contribution in [-0.4, -0.2) is 10.9 Å². The number of carbonyl (C=O) groups excluding carboxylic acids is 1. The van der Waals surface area contributed by atoms with E-state index in [1.54, 1.807) is 6.07 Å². The van der Waals surface area contributed by atoms with E-state index in [2.05, 4.69) is 18.8 Å². The van der Waals surface area contributed by atoms with E-state index in [-0.39, 0.29) is 5.92 Å². The maximum absolute atomic E-state index is 11.2. The lowest BCUT2D eigenvalue weighted by molar-refractivity contribution is 0.0998. The highest BCUT2D eigenvalue weighted by Crippen LogP contribution is 2.20. The molecule has 2 N–H and O–H groups in total. The normalized spacial score (nSPS) is 11.1. The number of amides is 1. The number of rotatable bonds is 3. The van der Waals surface area contributed by atoms with Crippen molar-refractivity contribution in [1.82, 2.24) is 4.98 Å². The van der Waals surface area contributed by atoms with Crippen molar-refractivity contribution in [2.75, 3.05) is 0 Å². The highest BCUT2D eigenvalue weighted by molar-refractivity contribution is 5.94. The van der Waals surface area contributed by atoms with Gasteiger partial charge in [-0.05, 0) is 24.0 Å². The van der Waals surface area contributed by atoms with Gasteiger partial charge in [0.15, 0.2) is 0 Å². The number of carbonyl (C=O) groups is 1. The molecule has 0 aliphatic rings. The van der Waals surface area contributed by atoms with Crippen molar-refractivity contribution in [3.8, 4) is 0 Å². The van der Waals surface area contributed by atoms with E-state index in [1.807, 2.05) is 19.9 Å². The molecule has 1 amide bonds. The first-order valence-electron chi connectivity index (χ1n) is 5.24. The molecule has 0 aliphatic carbocycles. The maximum Gasteiger partial charge on any atom is 0.250 e. The summed E-state index contributed by atoms with van der Waals surface area (Å²) in [5.74, 6) is 0.178. The molecule has 3 heteroatoms. The second-order valence-corrected chi connectivity index (χ2v) is 4.34. The summed E-state index contributed by atoms with van der Waals surface area (Å²) in [5.41, 5.74) is 7.64. The van der Waals surface area contributed by atoms with Crippen LogP contribution in [0.4, 0.5) is 0 Å². The van der Waals surface area contributed by atoms with E-state index in [9.17, 15) is 4.79 Å². The molecule has 0 radical (unpaired) electrons. The highest BCUT2D eigenvalue weighted by atomic mass is 16.1. The van der Waals surface area contributed by atoms with Gasteiger partial charge in [-0.25, -0.2) is 0 Å². The summed E-state index contributed by atoms with van der Waals surface area (Å²) in [5, 5.41) is 0. The summed E-state index contributed by atoms with van der Waals surface area (Å²) in [7, 11) is 0. The van der Waals surface area contributed by atoms with Crippen molar-refractivity contribution in [3.05, 3.63) is 29.1 Å². The average Bonchev–Trinajstić information content (AvgIpc) is 2.16. The standard InChI is InChI=1S/C12H18N2O/c1-7(2)10-6-5-9(12(13)15)11(14-10)8(3)4/h5-8H,1-4H3,(H2,13,15). The average molecular weight is 206 g/mol. The number of hydrogen-bond acceptors (Lipinski definition) is 2. The van der Waals surface area contributed by atoms with E-state index in [4.69, 9.17) is 5.73 Å². The topological polar surface area (TPSA) is 56.0 Å². The Balaban J connectivity index is 3.27. The molecule has 15 heavy (non-hydrogen) atoms. The second-order valence-electron chi connectivity index (χ2n) is 4.34. The summed E-state index contributed by atoms with van der Waals surface area (Å²) >= 11 is 0. The molecule has 0 unspecified atom stereocenters. The van der Waals surface area contributed by atoms with Crippen LogP contribution in [0.25, 0.3) is 0 Å². The Kier molecular flexibility index (Phi) is 3.45. The molecule has 0 saturated heterocycles. The number of pyridine rings is 1. The molecule has 1 rings (SSSR count). The quantitative estimate of drug-likeness (QED) is 0.825. The molecule has 82 valence electrons. The van der Waals surface area contributed by atoms with Crippen LogP contribution in [0.1, 0.15) is 61.3 Å². The SMILES string of the molecule is CC(C)c1ccc(C(N)=O)c(C(C)C)n1. The fourth-order valence-corrected chi connectivity index (χ4v) is 1.46. The first-order valence-corrected chi connectivity index (χ1v) is 5.24. The third-order valence-corrected chi connectivity index (χ3v) is 2.35. The number of nitrogens with zero attached hydrogens (tertiary/aromatic N) is 1. The zero-order chi connectivity index (χ0) is 11.6. The van der Waals surface area contributed by atoms with Crippen LogP contribution in [-0.2, 0) is 0 Å². The summed E-state index contributed by atoms with van der Waals surface area (Å²) in [6.45, 7) is 8.19. The van der Waals surface area contributed by atoms with E-state index < -0.39 is 5.91 Å². The molecule has 0 spiro atoms. The van der Waals surface area contributed by atoms with Gasteiger partial charge in [-0.1, -0.05) is 27.7 Å². The van der Waals surface area contributed by atoms with Crippen LogP contribution < -0.4 is 5.73 Å². The zero-order valence-corrected chi connectivity index (χ0v) is 9.74. The van der Waals surface area contributed by atoms with Crippen LogP contribution in [0.2, 0.25) is 0 Å². The van der Waals surface area contributed by atoms with Crippen LogP contribution in [0.5, 0.6) is 0 Å². The van der Waals surface area contributed by atoms with Gasteiger partial charge in [0.1, 0.15) is 0 Å². The lowest BCUT2D eigenvalue weighted by atomic mass is 10.0. The molecule has 1 aromatic rings. The predicted octanol–water partition coefficient (Wildman–Crippen LogP) is 2.43. The van der Waals surface area contributed by atoms with Crippen LogP contribution in [0.15, 0.2) is 12.1 Å². The number of primary amides is 1. The van der Waals surface area contributed by atoms with Crippen LogP contribution in [0.3, 0.4) is 0 Å². The molecular formula is C12H18N2O. The first kappa shape index (κ1) is 11.7. The van der Waals surface area contributed by atoms with Gasteiger partial charge in [-0.2, -0.15) is 0 Å². The third-order valence-electron chi connectivity index (χ3n) is 2.35. The molecule has 0 atom stereocenters. The van der Waals surface area contributed by atoms with Gasteiger partial charge < -0.3 is 5.73 Å². The monoisotopic (exact) mass is 206 g/mol. The number of hydrogen-bond donors (Lipinski definition) is 1. The number of aromatic nitrogens is 1. The van der Waals surface area contributed by atoms with E-state index in [0.717, 1.165) is 11.4 Å². The first-order chi connectivity index (χ1) is 6.93. The van der Waals surface area contributed by atoms with Crippen molar-refractivity contribution >= 4 is 5.91 Å². The summed E-state index contributed by atoms with van der Waals surface area (Å²) in [6, 6.07) is 3.65. The molecule has 0 aliphatic heterocycles. The van der Waals surface area contributed by atoms with E-state index in [1.165, 1.54) is 0 Å². The van der Waals surface area contributed by atoms with Gasteiger partial charge in [-0.3, -0.25) is 9.78 Å². The Hall–Kier alpha value is -1.38. The number of nitrogens with two attached hydrogens (primary N) is 1. The minimum absolute atomic E-state index is 0.214. The van der Waals surface area contributed by atoms with E-state index in [0.29, 0.717) is 11.5 Å². The highest BCUT2D eigenvalue weighted by Gasteiger charge is 2.14. The van der Waals surface area contributed by atoms with Crippen molar-refractivity contribution in [1.29, 1.82) is 0 Å². The van der Waals surface area contributed by atoms with Gasteiger partial charge in [-0.15, -0.1) is 0 Å². The Morgan fingerprint density at radius 2 is 1.80 bits per heavy atom. The van der Waals surface area contributed by atoms with Gasteiger partial charge in [0.2, 0.25) is 0 Å². The molecular weight excluding hydrogens is 188 g/mol. The fraction of sp³-hybridized carbons (Fsp3) is 0.500. The molecule has 0 saturated carbocycles. The lowest BCUT2D eigenvalue weighted by Gasteiger charge is -2.12. The molecule has 0 aromatic carbocycles. The minimum atomic E-state index is -0.401. The molecule has 1 aromatic heterocycles. The Morgan fingerprint density at radius 3 is 2.20 bits per heavy atom. The smallest absolute Gasteiger partial charge is 0.250 e. The largest absolute Gasteiger partial charge is 0.366 e. The zero-order valence-electron chi connectivity index (χ0n) is 9.74. The van der Waals surface area contributed by atoms with Crippen molar-refractivity contribution in [3.63, 3.8) is 0 Å². The Morgan fingerprint density at radius 1 is 1.20 bits per heavy atom. The van der Waals surface area contributed by atoms with Gasteiger partial charge in [0, 0.05) is 5.69 Å². The molecule has 0 fully saturated rings. The Bertz CT molecular complexity index is 370. The fourth-order valence-electron chi connectivity index (χ4n) is 1.46. The van der Waals surface area contributed by atoms with E-state index >= 15 is 0 Å². The van der Waals surface area contributed by atoms with Crippen LogP contribution in [0, 0.1) is 0 Å². The Labute approximate surface area is 90.7 Å². The van der Waals surface area contributed by atoms with Crippen molar-refractivity contribution in [2.24, 2.45) is 5.73 Å². The summed E-state index contributed by atoms with van der Waals surface area (Å²) < 4.78 is 0. The predicted molar refractivity (Wildman–Crippen MR) is 60.9 cm³/mol. The molecule has 0 bridgehead atoms. The maximum atomic E-state index is 11.2. The van der Waals surface area contributed by atoms with Gasteiger partial charge in [0.05, 0.1) is 11.3 Å². The van der Waals surface area contributed by atoms with Crippen molar-refractivity contribution in [2.45, 2.75) is 39.5 Å². The van der Waals surface area contributed by atoms with Crippen molar-refractivity contribution < 1.29 is 4.79 Å². The lowest BCUT2D eigenvalue weighted by Crippen LogP contribution is -2.16. The van der Waals surface area contributed by atoms with Gasteiger partial charge in [0.25, 0.3) is 5.91 Å². The molecule has 3 nitrogen and oxygen atoms in total. The van der Waals surface area contributed by atoms with Gasteiger partial charge >= 0.3 is 0 Å². The minimum Gasteiger partial charge on any atom is -0.366 e. The molecule has 1 heterocycles.